The fraction of sp³-hybridized carbons (Fsp3) is 0.632. The number of fused-ring (bicyclic) bond motifs is 2. The molecular formula is C19H29N3O2. The minimum absolute atomic E-state index is 0.362. The molecule has 0 aromatic heterocycles. The van der Waals surface area contributed by atoms with Gasteiger partial charge in [0.25, 0.3) is 0 Å². The second-order valence-electron chi connectivity index (χ2n) is 6.61. The van der Waals surface area contributed by atoms with Crippen LogP contribution in [0.1, 0.15) is 38.2 Å². The molecule has 0 amide bonds. The lowest BCUT2D eigenvalue weighted by molar-refractivity contribution is 0.0992. The maximum Gasteiger partial charge on any atom is 0.191 e. The van der Waals surface area contributed by atoms with Crippen molar-refractivity contribution < 1.29 is 9.47 Å². The van der Waals surface area contributed by atoms with Crippen LogP contribution in [0.3, 0.4) is 0 Å². The van der Waals surface area contributed by atoms with Crippen LogP contribution in [0.5, 0.6) is 5.75 Å². The third kappa shape index (κ3) is 4.41. The Morgan fingerprint density at radius 1 is 1.38 bits per heavy atom. The standard InChI is InChI=1S/C19H29N3O2/c1-3-11-23-15-6-4-5-14(12-15)9-10-21-19(20-2)22-17-13-16-7-8-18(17)24-16/h4-6,12,16-18H,3,7-11,13H2,1-2H3,(H2,20,21,22). The van der Waals surface area contributed by atoms with Crippen LogP contribution in [0.15, 0.2) is 29.3 Å². The van der Waals surface area contributed by atoms with E-state index in [-0.39, 0.29) is 0 Å². The topological polar surface area (TPSA) is 54.9 Å². The zero-order valence-corrected chi connectivity index (χ0v) is 14.8. The summed E-state index contributed by atoms with van der Waals surface area (Å²) in [6.07, 6.45) is 6.27. The molecule has 2 N–H and O–H groups in total. The van der Waals surface area contributed by atoms with Crippen LogP contribution in [0.25, 0.3) is 0 Å². The summed E-state index contributed by atoms with van der Waals surface area (Å²) in [6, 6.07) is 8.74. The number of aliphatic imine (C=N–C) groups is 1. The van der Waals surface area contributed by atoms with Crippen LogP contribution < -0.4 is 15.4 Å². The van der Waals surface area contributed by atoms with E-state index in [1.807, 2.05) is 13.1 Å². The summed E-state index contributed by atoms with van der Waals surface area (Å²) < 4.78 is 11.6. The van der Waals surface area contributed by atoms with Crippen LogP contribution in [-0.2, 0) is 11.2 Å². The number of nitrogens with zero attached hydrogens (tertiary/aromatic N) is 1. The van der Waals surface area contributed by atoms with Crippen LogP contribution in [0.4, 0.5) is 0 Å². The summed E-state index contributed by atoms with van der Waals surface area (Å²) in [5.74, 6) is 1.82. The largest absolute Gasteiger partial charge is 0.494 e. The molecule has 2 fully saturated rings. The Balaban J connectivity index is 1.43. The fourth-order valence-corrected chi connectivity index (χ4v) is 3.50. The first-order valence-electron chi connectivity index (χ1n) is 9.13. The van der Waals surface area contributed by atoms with Gasteiger partial charge in [-0.15, -0.1) is 0 Å². The number of guanidine groups is 1. The Morgan fingerprint density at radius 2 is 2.29 bits per heavy atom. The summed E-state index contributed by atoms with van der Waals surface area (Å²) >= 11 is 0. The molecule has 0 saturated carbocycles. The van der Waals surface area contributed by atoms with Crippen molar-refractivity contribution in [2.24, 2.45) is 4.99 Å². The van der Waals surface area contributed by atoms with Crippen molar-refractivity contribution in [2.45, 2.75) is 57.3 Å². The van der Waals surface area contributed by atoms with Crippen LogP contribution in [0.2, 0.25) is 0 Å². The molecule has 1 aromatic carbocycles. The van der Waals surface area contributed by atoms with E-state index in [4.69, 9.17) is 9.47 Å². The van der Waals surface area contributed by atoms with Gasteiger partial charge in [0, 0.05) is 13.6 Å². The van der Waals surface area contributed by atoms with E-state index in [2.05, 4.69) is 40.7 Å². The smallest absolute Gasteiger partial charge is 0.191 e. The van der Waals surface area contributed by atoms with Gasteiger partial charge >= 0.3 is 0 Å². The second kappa shape index (κ2) is 8.38. The van der Waals surface area contributed by atoms with Gasteiger partial charge in [0.1, 0.15) is 5.75 Å². The summed E-state index contributed by atoms with van der Waals surface area (Å²) in [4.78, 5) is 4.34. The molecule has 3 rings (SSSR count). The molecule has 0 aliphatic carbocycles. The van der Waals surface area contributed by atoms with E-state index in [1.165, 1.54) is 18.4 Å². The highest BCUT2D eigenvalue weighted by atomic mass is 16.5. The van der Waals surface area contributed by atoms with Gasteiger partial charge in [0.2, 0.25) is 0 Å². The first kappa shape index (κ1) is 17.1. The van der Waals surface area contributed by atoms with Crippen LogP contribution in [-0.4, -0.2) is 44.4 Å². The Labute approximate surface area is 144 Å². The molecule has 2 saturated heterocycles. The van der Waals surface area contributed by atoms with Crippen molar-refractivity contribution in [3.8, 4) is 5.75 Å². The number of nitrogens with one attached hydrogen (secondary N) is 2. The molecule has 0 radical (unpaired) electrons. The SMILES string of the molecule is CCCOc1cccc(CCNC(=NC)NC2CC3CCC2O3)c1. The zero-order valence-electron chi connectivity index (χ0n) is 14.8. The van der Waals surface area contributed by atoms with E-state index in [9.17, 15) is 0 Å². The molecule has 24 heavy (non-hydrogen) atoms. The van der Waals surface area contributed by atoms with Crippen molar-refractivity contribution in [1.29, 1.82) is 0 Å². The molecule has 3 unspecified atom stereocenters. The Kier molecular flexibility index (Phi) is 5.96. The lowest BCUT2D eigenvalue weighted by Crippen LogP contribution is -2.47. The van der Waals surface area contributed by atoms with E-state index in [0.717, 1.165) is 44.1 Å². The van der Waals surface area contributed by atoms with Gasteiger partial charge in [-0.3, -0.25) is 4.99 Å². The highest BCUT2D eigenvalue weighted by Crippen LogP contribution is 2.34. The molecule has 132 valence electrons. The van der Waals surface area contributed by atoms with Gasteiger partial charge in [-0.05, 0) is 49.8 Å². The van der Waals surface area contributed by atoms with Crippen molar-refractivity contribution in [3.05, 3.63) is 29.8 Å². The molecule has 5 nitrogen and oxygen atoms in total. The highest BCUT2D eigenvalue weighted by molar-refractivity contribution is 5.80. The number of hydrogen-bond donors (Lipinski definition) is 2. The average molecular weight is 331 g/mol. The monoisotopic (exact) mass is 331 g/mol. The molecule has 2 bridgehead atoms. The Bertz CT molecular complexity index is 561. The molecule has 2 heterocycles. The third-order valence-corrected chi connectivity index (χ3v) is 4.73. The summed E-state index contributed by atoms with van der Waals surface area (Å²) in [5.41, 5.74) is 1.27. The number of rotatable bonds is 7. The number of benzene rings is 1. The van der Waals surface area contributed by atoms with Crippen molar-refractivity contribution in [2.75, 3.05) is 20.2 Å². The lowest BCUT2D eigenvalue weighted by atomic mass is 9.96. The maximum absolute atomic E-state index is 5.89. The fourth-order valence-electron chi connectivity index (χ4n) is 3.50. The second-order valence-corrected chi connectivity index (χ2v) is 6.61. The molecule has 3 atom stereocenters. The van der Waals surface area contributed by atoms with Crippen molar-refractivity contribution >= 4 is 5.96 Å². The van der Waals surface area contributed by atoms with Gasteiger partial charge in [-0.1, -0.05) is 19.1 Å². The Morgan fingerprint density at radius 3 is 3.00 bits per heavy atom. The first-order valence-corrected chi connectivity index (χ1v) is 9.13. The molecule has 5 heteroatoms. The minimum Gasteiger partial charge on any atom is -0.494 e. The number of ether oxygens (including phenoxy) is 2. The minimum atomic E-state index is 0.362. The molecular weight excluding hydrogens is 302 g/mol. The number of hydrogen-bond acceptors (Lipinski definition) is 3. The van der Waals surface area contributed by atoms with E-state index in [1.54, 1.807) is 0 Å². The quantitative estimate of drug-likeness (QED) is 0.595. The predicted molar refractivity (Wildman–Crippen MR) is 96.7 cm³/mol. The summed E-state index contributed by atoms with van der Waals surface area (Å²) in [6.45, 7) is 3.73. The first-order chi connectivity index (χ1) is 11.8. The highest BCUT2D eigenvalue weighted by Gasteiger charge is 2.41. The van der Waals surface area contributed by atoms with Crippen LogP contribution in [0, 0.1) is 0 Å². The summed E-state index contributed by atoms with van der Waals surface area (Å²) in [5, 5.41) is 6.92. The van der Waals surface area contributed by atoms with Gasteiger partial charge < -0.3 is 20.1 Å². The molecule has 2 aliphatic rings. The van der Waals surface area contributed by atoms with E-state index < -0.39 is 0 Å². The van der Waals surface area contributed by atoms with E-state index in [0.29, 0.717) is 18.2 Å². The van der Waals surface area contributed by atoms with Gasteiger partial charge in [0.15, 0.2) is 5.96 Å². The lowest BCUT2D eigenvalue weighted by Gasteiger charge is -2.22. The van der Waals surface area contributed by atoms with Crippen molar-refractivity contribution in [1.82, 2.24) is 10.6 Å². The molecule has 2 aliphatic heterocycles. The predicted octanol–water partition coefficient (Wildman–Crippen LogP) is 2.50. The van der Waals surface area contributed by atoms with Gasteiger partial charge in [-0.25, -0.2) is 0 Å². The van der Waals surface area contributed by atoms with E-state index >= 15 is 0 Å². The molecule has 1 aromatic rings. The zero-order chi connectivity index (χ0) is 16.8. The Hall–Kier alpha value is -1.75. The van der Waals surface area contributed by atoms with Crippen LogP contribution >= 0.6 is 0 Å². The normalized spacial score (nSPS) is 25.8. The van der Waals surface area contributed by atoms with Gasteiger partial charge in [-0.2, -0.15) is 0 Å². The third-order valence-electron chi connectivity index (χ3n) is 4.73. The molecule has 0 spiro atoms. The maximum atomic E-state index is 5.89. The average Bonchev–Trinajstić information content (AvgIpc) is 3.22. The summed E-state index contributed by atoms with van der Waals surface area (Å²) in [7, 11) is 1.82. The van der Waals surface area contributed by atoms with Gasteiger partial charge in [0.05, 0.1) is 24.9 Å². The van der Waals surface area contributed by atoms with Crippen molar-refractivity contribution in [3.63, 3.8) is 0 Å².